The molecular formula is C12H14N2OS. The summed E-state index contributed by atoms with van der Waals surface area (Å²) < 4.78 is 5.40. The van der Waals surface area contributed by atoms with Crippen LogP contribution in [0.2, 0.25) is 0 Å². The van der Waals surface area contributed by atoms with Crippen LogP contribution < -0.4 is 5.32 Å². The lowest BCUT2D eigenvalue weighted by molar-refractivity contribution is 0.578. The van der Waals surface area contributed by atoms with E-state index in [1.807, 2.05) is 12.1 Å². The lowest BCUT2D eigenvalue weighted by Crippen LogP contribution is -2.12. The third-order valence-electron chi connectivity index (χ3n) is 2.93. The Kier molecular flexibility index (Phi) is 2.53. The van der Waals surface area contributed by atoms with E-state index in [0.29, 0.717) is 6.04 Å². The van der Waals surface area contributed by atoms with E-state index < -0.39 is 0 Å². The molecular weight excluding hydrogens is 220 g/mol. The zero-order valence-electron chi connectivity index (χ0n) is 9.19. The zero-order valence-corrected chi connectivity index (χ0v) is 10.0. The fraction of sp³-hybridized carbons (Fsp3) is 0.417. The molecule has 1 atom stereocenters. The fourth-order valence-corrected chi connectivity index (χ4v) is 3.14. The van der Waals surface area contributed by atoms with Crippen molar-refractivity contribution >= 4 is 11.3 Å². The Bertz CT molecular complexity index is 469. The van der Waals surface area contributed by atoms with E-state index in [2.05, 4.69) is 12.2 Å². The highest BCUT2D eigenvalue weighted by molar-refractivity contribution is 7.12. The second kappa shape index (κ2) is 4.03. The average Bonchev–Trinajstić information content (AvgIpc) is 2.97. The quantitative estimate of drug-likeness (QED) is 0.867. The molecule has 0 spiro atoms. The minimum atomic E-state index is 0.451. The van der Waals surface area contributed by atoms with Gasteiger partial charge in [-0.3, -0.25) is 0 Å². The van der Waals surface area contributed by atoms with Crippen molar-refractivity contribution in [3.05, 3.63) is 28.3 Å². The van der Waals surface area contributed by atoms with Gasteiger partial charge in [0.15, 0.2) is 5.76 Å². The molecule has 2 aromatic rings. The number of aromatic nitrogens is 1. The van der Waals surface area contributed by atoms with Crippen LogP contribution in [-0.2, 0) is 0 Å². The van der Waals surface area contributed by atoms with Gasteiger partial charge in [0, 0.05) is 4.88 Å². The molecule has 4 heteroatoms. The van der Waals surface area contributed by atoms with E-state index in [-0.39, 0.29) is 0 Å². The number of furan rings is 1. The molecule has 3 nitrogen and oxygen atoms in total. The van der Waals surface area contributed by atoms with Gasteiger partial charge in [0.25, 0.3) is 0 Å². The van der Waals surface area contributed by atoms with Gasteiger partial charge in [-0.25, -0.2) is 4.98 Å². The van der Waals surface area contributed by atoms with Gasteiger partial charge < -0.3 is 9.73 Å². The molecule has 1 saturated heterocycles. The van der Waals surface area contributed by atoms with Crippen LogP contribution in [0.25, 0.3) is 11.5 Å². The summed E-state index contributed by atoms with van der Waals surface area (Å²) in [6.07, 6.45) is 4.14. The molecule has 3 heterocycles. The molecule has 0 amide bonds. The lowest BCUT2D eigenvalue weighted by atomic mass is 10.2. The minimum Gasteiger partial charge on any atom is -0.463 e. The van der Waals surface area contributed by atoms with Crippen molar-refractivity contribution in [2.45, 2.75) is 25.8 Å². The van der Waals surface area contributed by atoms with Crippen molar-refractivity contribution < 1.29 is 4.42 Å². The third-order valence-corrected chi connectivity index (χ3v) is 4.01. The molecule has 84 valence electrons. The maximum atomic E-state index is 5.40. The first kappa shape index (κ1) is 10.1. The largest absolute Gasteiger partial charge is 0.463 e. The summed E-state index contributed by atoms with van der Waals surface area (Å²) in [4.78, 5) is 5.93. The normalized spacial score (nSPS) is 20.4. The second-order valence-electron chi connectivity index (χ2n) is 4.08. The Labute approximate surface area is 98.5 Å². The Morgan fingerprint density at radius 3 is 3.19 bits per heavy atom. The van der Waals surface area contributed by atoms with Crippen molar-refractivity contribution in [2.75, 3.05) is 6.54 Å². The molecule has 1 N–H and O–H groups in total. The van der Waals surface area contributed by atoms with Crippen LogP contribution in [0.4, 0.5) is 0 Å². The number of nitrogens with one attached hydrogen (secondary N) is 1. The van der Waals surface area contributed by atoms with Gasteiger partial charge in [-0.1, -0.05) is 0 Å². The van der Waals surface area contributed by atoms with Crippen LogP contribution in [0.1, 0.15) is 28.8 Å². The maximum absolute atomic E-state index is 5.40. The number of hydrogen-bond donors (Lipinski definition) is 1. The summed E-state index contributed by atoms with van der Waals surface area (Å²) in [6.45, 7) is 3.22. The summed E-state index contributed by atoms with van der Waals surface area (Å²) in [5, 5.41) is 4.67. The minimum absolute atomic E-state index is 0.451. The fourth-order valence-electron chi connectivity index (χ4n) is 2.10. The first-order valence-electron chi connectivity index (χ1n) is 5.59. The van der Waals surface area contributed by atoms with Gasteiger partial charge in [0.1, 0.15) is 10.7 Å². The highest BCUT2D eigenvalue weighted by Crippen LogP contribution is 2.33. The number of nitrogens with zero attached hydrogens (tertiary/aromatic N) is 1. The molecule has 0 bridgehead atoms. The van der Waals surface area contributed by atoms with Crippen LogP contribution in [-0.4, -0.2) is 11.5 Å². The van der Waals surface area contributed by atoms with Crippen molar-refractivity contribution in [1.29, 1.82) is 0 Å². The van der Waals surface area contributed by atoms with Gasteiger partial charge >= 0.3 is 0 Å². The first-order chi connectivity index (χ1) is 7.84. The summed E-state index contributed by atoms with van der Waals surface area (Å²) in [7, 11) is 0. The van der Waals surface area contributed by atoms with Gasteiger partial charge in [-0.05, 0) is 38.4 Å². The van der Waals surface area contributed by atoms with Crippen molar-refractivity contribution in [2.24, 2.45) is 0 Å². The molecule has 1 fully saturated rings. The van der Waals surface area contributed by atoms with Gasteiger partial charge in [-0.2, -0.15) is 0 Å². The summed E-state index contributed by atoms with van der Waals surface area (Å²) in [5.41, 5.74) is 0.999. The Morgan fingerprint density at radius 1 is 1.56 bits per heavy atom. The first-order valence-corrected chi connectivity index (χ1v) is 6.41. The van der Waals surface area contributed by atoms with Crippen molar-refractivity contribution in [1.82, 2.24) is 10.3 Å². The molecule has 0 saturated carbocycles. The highest BCUT2D eigenvalue weighted by Gasteiger charge is 2.21. The predicted molar refractivity (Wildman–Crippen MR) is 64.5 cm³/mol. The monoisotopic (exact) mass is 234 g/mol. The number of hydrogen-bond acceptors (Lipinski definition) is 4. The molecule has 2 aromatic heterocycles. The van der Waals surface area contributed by atoms with E-state index in [4.69, 9.17) is 9.40 Å². The molecule has 3 rings (SSSR count). The molecule has 16 heavy (non-hydrogen) atoms. The molecule has 0 radical (unpaired) electrons. The van der Waals surface area contributed by atoms with Gasteiger partial charge in [0.2, 0.25) is 0 Å². The SMILES string of the molecule is Cc1sc(C2CCCN2)nc1-c1ccco1. The van der Waals surface area contributed by atoms with Crippen LogP contribution in [0, 0.1) is 6.92 Å². The Hall–Kier alpha value is -1.13. The van der Waals surface area contributed by atoms with Crippen molar-refractivity contribution in [3.63, 3.8) is 0 Å². The van der Waals surface area contributed by atoms with E-state index >= 15 is 0 Å². The van der Waals surface area contributed by atoms with Gasteiger partial charge in [-0.15, -0.1) is 11.3 Å². The number of rotatable bonds is 2. The average molecular weight is 234 g/mol. The van der Waals surface area contributed by atoms with Crippen LogP contribution in [0.5, 0.6) is 0 Å². The highest BCUT2D eigenvalue weighted by atomic mass is 32.1. The molecule has 0 aliphatic carbocycles. The third kappa shape index (κ3) is 1.68. The van der Waals surface area contributed by atoms with E-state index in [9.17, 15) is 0 Å². The van der Waals surface area contributed by atoms with Crippen LogP contribution in [0.15, 0.2) is 22.8 Å². The lowest BCUT2D eigenvalue weighted by Gasteiger charge is -2.03. The van der Waals surface area contributed by atoms with E-state index in [0.717, 1.165) is 18.0 Å². The number of aryl methyl sites for hydroxylation is 1. The van der Waals surface area contributed by atoms with Crippen LogP contribution in [0.3, 0.4) is 0 Å². The summed E-state index contributed by atoms with van der Waals surface area (Å²) in [5.74, 6) is 0.873. The predicted octanol–water partition coefficient (Wildman–Crippen LogP) is 3.14. The summed E-state index contributed by atoms with van der Waals surface area (Å²) in [6, 6.07) is 4.32. The molecule has 1 aliphatic rings. The van der Waals surface area contributed by atoms with E-state index in [1.54, 1.807) is 17.6 Å². The Morgan fingerprint density at radius 2 is 2.50 bits per heavy atom. The van der Waals surface area contributed by atoms with Gasteiger partial charge in [0.05, 0.1) is 12.3 Å². The molecule has 0 aromatic carbocycles. The number of thiazole rings is 1. The standard InChI is InChI=1S/C12H14N2OS/c1-8-11(10-5-3-7-15-10)14-12(16-8)9-4-2-6-13-9/h3,5,7,9,13H,2,4,6H2,1H3. The molecule has 1 unspecified atom stereocenters. The second-order valence-corrected chi connectivity index (χ2v) is 5.32. The maximum Gasteiger partial charge on any atom is 0.153 e. The smallest absolute Gasteiger partial charge is 0.153 e. The summed E-state index contributed by atoms with van der Waals surface area (Å²) >= 11 is 1.78. The zero-order chi connectivity index (χ0) is 11.0. The Balaban J connectivity index is 1.95. The van der Waals surface area contributed by atoms with Crippen LogP contribution >= 0.6 is 11.3 Å². The van der Waals surface area contributed by atoms with E-state index in [1.165, 1.54) is 22.7 Å². The van der Waals surface area contributed by atoms with Crippen molar-refractivity contribution in [3.8, 4) is 11.5 Å². The molecule has 1 aliphatic heterocycles. The topological polar surface area (TPSA) is 38.1 Å².